The molecule has 36 heavy (non-hydrogen) atoms. The monoisotopic (exact) mass is 506 g/mol. The van der Waals surface area contributed by atoms with E-state index >= 15 is 0 Å². The second-order valence-corrected chi connectivity index (χ2v) is 11.8. The number of methoxy groups -OCH3 is 1. The predicted octanol–water partition coefficient (Wildman–Crippen LogP) is 4.41. The molecule has 5 rings (SSSR count). The van der Waals surface area contributed by atoms with Crippen LogP contribution in [0.2, 0.25) is 0 Å². The lowest BCUT2D eigenvalue weighted by Gasteiger charge is -2.24. The third-order valence-corrected chi connectivity index (χ3v) is 8.43. The summed E-state index contributed by atoms with van der Waals surface area (Å²) >= 11 is 0. The maximum Gasteiger partial charge on any atom is 0.322 e. The Morgan fingerprint density at radius 2 is 1.86 bits per heavy atom. The number of sulfone groups is 1. The van der Waals surface area contributed by atoms with E-state index in [0.717, 1.165) is 59.4 Å². The molecule has 2 aromatic heterocycles. The second-order valence-electron chi connectivity index (χ2n) is 9.75. The number of anilines is 1. The molecule has 3 heterocycles. The summed E-state index contributed by atoms with van der Waals surface area (Å²) in [6.45, 7) is 2.93. The normalized spacial score (nSPS) is 16.2. The average Bonchev–Trinajstić information content (AvgIpc) is 3.47. The standard InChI is InChI=1S/C27H30N4O4S/c1-18-14-24(35-2)28-16-21(18)22-10-11-23-25(30-22)27(12-4-5-13-27)17-31(23)26(32)29-15-19-6-8-20(9-7-19)36(3,33)34/h6-11,14,16H,4-5,12-13,15,17H2,1-3H3,(H,29,32). The summed E-state index contributed by atoms with van der Waals surface area (Å²) in [6.07, 6.45) is 7.23. The largest absolute Gasteiger partial charge is 0.481 e. The van der Waals surface area contributed by atoms with Gasteiger partial charge in [0.1, 0.15) is 0 Å². The molecule has 9 heteroatoms. The average molecular weight is 507 g/mol. The summed E-state index contributed by atoms with van der Waals surface area (Å²) in [6, 6.07) is 12.3. The van der Waals surface area contributed by atoms with Gasteiger partial charge in [-0.05, 0) is 55.2 Å². The van der Waals surface area contributed by atoms with Crippen LogP contribution < -0.4 is 15.0 Å². The highest BCUT2D eigenvalue weighted by Gasteiger charge is 2.47. The van der Waals surface area contributed by atoms with Gasteiger partial charge >= 0.3 is 6.03 Å². The van der Waals surface area contributed by atoms with Crippen molar-refractivity contribution in [3.05, 3.63) is 65.5 Å². The molecular formula is C27H30N4O4S. The van der Waals surface area contributed by atoms with Gasteiger partial charge in [-0.15, -0.1) is 0 Å². The number of nitrogens with zero attached hydrogens (tertiary/aromatic N) is 3. The Bertz CT molecular complexity index is 1410. The van der Waals surface area contributed by atoms with Crippen molar-refractivity contribution in [1.82, 2.24) is 15.3 Å². The fourth-order valence-corrected chi connectivity index (χ4v) is 5.97. The molecule has 1 aliphatic heterocycles. The van der Waals surface area contributed by atoms with Crippen LogP contribution in [0, 0.1) is 6.92 Å². The van der Waals surface area contributed by atoms with Gasteiger partial charge in [0.2, 0.25) is 5.88 Å². The Balaban J connectivity index is 1.40. The number of pyridine rings is 2. The minimum Gasteiger partial charge on any atom is -0.481 e. The SMILES string of the molecule is COc1cc(C)c(-c2ccc3c(n2)C2(CCCC2)CN3C(=O)NCc2ccc(S(C)(=O)=O)cc2)cn1. The van der Waals surface area contributed by atoms with Crippen LogP contribution in [-0.4, -0.2) is 44.3 Å². The molecule has 0 radical (unpaired) electrons. The molecule has 1 spiro atoms. The van der Waals surface area contributed by atoms with Crippen LogP contribution in [-0.2, 0) is 21.8 Å². The van der Waals surface area contributed by atoms with Crippen molar-refractivity contribution in [2.24, 2.45) is 0 Å². The molecule has 1 saturated carbocycles. The van der Waals surface area contributed by atoms with Gasteiger partial charge in [0, 0.05) is 42.6 Å². The van der Waals surface area contributed by atoms with Crippen LogP contribution in [0.5, 0.6) is 5.88 Å². The van der Waals surface area contributed by atoms with E-state index in [2.05, 4.69) is 10.3 Å². The van der Waals surface area contributed by atoms with Crippen molar-refractivity contribution < 1.29 is 17.9 Å². The second kappa shape index (κ2) is 9.20. The first-order valence-electron chi connectivity index (χ1n) is 12.1. The van der Waals surface area contributed by atoms with E-state index in [1.807, 2.05) is 25.1 Å². The first-order valence-corrected chi connectivity index (χ1v) is 14.0. The van der Waals surface area contributed by atoms with Gasteiger partial charge < -0.3 is 10.1 Å². The summed E-state index contributed by atoms with van der Waals surface area (Å²) in [5.41, 5.74) is 5.37. The first-order chi connectivity index (χ1) is 17.2. The molecule has 8 nitrogen and oxygen atoms in total. The van der Waals surface area contributed by atoms with E-state index in [1.54, 1.807) is 42.5 Å². The van der Waals surface area contributed by atoms with Crippen LogP contribution in [0.25, 0.3) is 11.3 Å². The molecule has 2 amide bonds. The molecule has 1 N–H and O–H groups in total. The fourth-order valence-electron chi connectivity index (χ4n) is 5.34. The van der Waals surface area contributed by atoms with Gasteiger partial charge in [-0.1, -0.05) is 25.0 Å². The van der Waals surface area contributed by atoms with Crippen LogP contribution in [0.1, 0.15) is 42.5 Å². The number of rotatable bonds is 5. The number of aromatic nitrogens is 2. The van der Waals surface area contributed by atoms with Crippen LogP contribution in [0.15, 0.2) is 53.6 Å². The predicted molar refractivity (Wildman–Crippen MR) is 138 cm³/mol. The van der Waals surface area contributed by atoms with Crippen molar-refractivity contribution in [1.29, 1.82) is 0 Å². The maximum atomic E-state index is 13.3. The van der Waals surface area contributed by atoms with E-state index in [0.29, 0.717) is 19.0 Å². The van der Waals surface area contributed by atoms with Crippen LogP contribution >= 0.6 is 0 Å². The smallest absolute Gasteiger partial charge is 0.322 e. The zero-order valence-corrected chi connectivity index (χ0v) is 21.6. The number of ether oxygens (including phenoxy) is 1. The molecular weight excluding hydrogens is 476 g/mol. The Morgan fingerprint density at radius 1 is 1.14 bits per heavy atom. The van der Waals surface area contributed by atoms with Crippen molar-refractivity contribution in [2.45, 2.75) is 49.5 Å². The highest BCUT2D eigenvalue weighted by molar-refractivity contribution is 7.90. The highest BCUT2D eigenvalue weighted by atomic mass is 32.2. The van der Waals surface area contributed by atoms with Gasteiger partial charge in [0.05, 0.1) is 29.1 Å². The van der Waals surface area contributed by atoms with Gasteiger partial charge in [-0.3, -0.25) is 4.90 Å². The Kier molecular flexibility index (Phi) is 6.20. The summed E-state index contributed by atoms with van der Waals surface area (Å²) in [7, 11) is -1.65. The minimum atomic E-state index is -3.25. The number of amides is 2. The summed E-state index contributed by atoms with van der Waals surface area (Å²) in [5, 5.41) is 3.00. The molecule has 0 unspecified atom stereocenters. The van der Waals surface area contributed by atoms with Gasteiger partial charge in [-0.25, -0.2) is 23.2 Å². The fraction of sp³-hybridized carbons (Fsp3) is 0.370. The quantitative estimate of drug-likeness (QED) is 0.550. The summed E-state index contributed by atoms with van der Waals surface area (Å²) in [5.74, 6) is 0.568. The number of carbonyl (C=O) groups excluding carboxylic acids is 1. The molecule has 1 aliphatic carbocycles. The zero-order chi connectivity index (χ0) is 25.5. The third kappa shape index (κ3) is 4.43. The number of nitrogens with one attached hydrogen (secondary N) is 1. The summed E-state index contributed by atoms with van der Waals surface area (Å²) < 4.78 is 28.6. The number of benzene rings is 1. The number of hydrogen-bond donors (Lipinski definition) is 1. The number of aryl methyl sites for hydroxylation is 1. The number of fused-ring (bicyclic) bond motifs is 2. The van der Waals surface area contributed by atoms with Crippen LogP contribution in [0.4, 0.5) is 10.5 Å². The molecule has 0 saturated heterocycles. The van der Waals surface area contributed by atoms with E-state index in [4.69, 9.17) is 9.72 Å². The topological polar surface area (TPSA) is 101 Å². The third-order valence-electron chi connectivity index (χ3n) is 7.30. The van der Waals surface area contributed by atoms with E-state index in [9.17, 15) is 13.2 Å². The number of hydrogen-bond acceptors (Lipinski definition) is 6. The van der Waals surface area contributed by atoms with E-state index in [1.165, 1.54) is 6.26 Å². The van der Waals surface area contributed by atoms with Crippen molar-refractivity contribution in [2.75, 3.05) is 24.8 Å². The van der Waals surface area contributed by atoms with Crippen molar-refractivity contribution >= 4 is 21.6 Å². The molecule has 1 aromatic carbocycles. The van der Waals surface area contributed by atoms with E-state index < -0.39 is 9.84 Å². The Morgan fingerprint density at radius 3 is 2.50 bits per heavy atom. The lowest BCUT2D eigenvalue weighted by Crippen LogP contribution is -2.41. The van der Waals surface area contributed by atoms with Gasteiger partial charge in [-0.2, -0.15) is 0 Å². The minimum absolute atomic E-state index is 0.131. The van der Waals surface area contributed by atoms with E-state index in [-0.39, 0.29) is 16.3 Å². The lowest BCUT2D eigenvalue weighted by atomic mass is 9.84. The maximum absolute atomic E-state index is 13.3. The molecule has 188 valence electrons. The number of carbonyl (C=O) groups is 1. The van der Waals surface area contributed by atoms with Crippen molar-refractivity contribution in [3.8, 4) is 17.1 Å². The molecule has 0 bridgehead atoms. The Hall–Kier alpha value is -3.46. The molecule has 2 aliphatic rings. The highest BCUT2D eigenvalue weighted by Crippen LogP contribution is 2.50. The van der Waals surface area contributed by atoms with Crippen LogP contribution in [0.3, 0.4) is 0 Å². The number of urea groups is 1. The van der Waals surface area contributed by atoms with Crippen molar-refractivity contribution in [3.63, 3.8) is 0 Å². The Labute approximate surface area is 211 Å². The molecule has 3 aromatic rings. The molecule has 0 atom stereocenters. The first kappa shape index (κ1) is 24.2. The van der Waals surface area contributed by atoms with Gasteiger partial charge in [0.25, 0.3) is 0 Å². The molecule has 1 fully saturated rings. The lowest BCUT2D eigenvalue weighted by molar-refractivity contribution is 0.245. The van der Waals surface area contributed by atoms with Gasteiger partial charge in [0.15, 0.2) is 9.84 Å². The zero-order valence-electron chi connectivity index (χ0n) is 20.7. The summed E-state index contributed by atoms with van der Waals surface area (Å²) in [4.78, 5) is 24.8.